The first kappa shape index (κ1) is 18.0. The van der Waals surface area contributed by atoms with Crippen LogP contribution in [0.15, 0.2) is 18.2 Å². The van der Waals surface area contributed by atoms with Gasteiger partial charge in [0.1, 0.15) is 0 Å². The number of piperidine rings is 1. The molecule has 0 radical (unpaired) electrons. The van der Waals surface area contributed by atoms with Crippen LogP contribution in [0.5, 0.6) is 0 Å². The molecule has 24 heavy (non-hydrogen) atoms. The number of likely N-dealkylation sites (tertiary alicyclic amines) is 1. The molecular weight excluding hydrogens is 306 g/mol. The van der Waals surface area contributed by atoms with Gasteiger partial charge in [0, 0.05) is 44.2 Å². The first-order valence-corrected chi connectivity index (χ1v) is 8.42. The fourth-order valence-electron chi connectivity index (χ4n) is 2.89. The van der Waals surface area contributed by atoms with Crippen molar-refractivity contribution in [3.8, 4) is 0 Å². The molecule has 0 saturated carbocycles. The zero-order valence-corrected chi connectivity index (χ0v) is 14.4. The lowest BCUT2D eigenvalue weighted by atomic mass is 10.1. The van der Waals surface area contributed by atoms with E-state index in [1.807, 2.05) is 11.8 Å². The van der Waals surface area contributed by atoms with E-state index in [-0.39, 0.29) is 17.7 Å². The summed E-state index contributed by atoms with van der Waals surface area (Å²) >= 11 is 0. The number of nitrogens with zero attached hydrogens (tertiary/aromatic N) is 1. The third-order valence-corrected chi connectivity index (χ3v) is 4.33. The van der Waals surface area contributed by atoms with Gasteiger partial charge in [0.25, 0.3) is 5.91 Å². The monoisotopic (exact) mass is 331 g/mol. The molecular formula is C18H25N3O3. The van der Waals surface area contributed by atoms with Gasteiger partial charge >= 0.3 is 0 Å². The molecule has 3 amide bonds. The van der Waals surface area contributed by atoms with E-state index in [4.69, 9.17) is 0 Å². The smallest absolute Gasteiger partial charge is 0.251 e. The number of benzene rings is 1. The molecule has 0 bridgehead atoms. The highest BCUT2D eigenvalue weighted by molar-refractivity contribution is 5.99. The van der Waals surface area contributed by atoms with Crippen molar-refractivity contribution in [2.24, 2.45) is 0 Å². The number of carbonyl (C=O) groups is 3. The molecule has 1 fully saturated rings. The van der Waals surface area contributed by atoms with Gasteiger partial charge in [0.15, 0.2) is 0 Å². The summed E-state index contributed by atoms with van der Waals surface area (Å²) in [5.74, 6) is -0.0837. The van der Waals surface area contributed by atoms with Crippen LogP contribution in [0.2, 0.25) is 0 Å². The maximum Gasteiger partial charge on any atom is 0.251 e. The summed E-state index contributed by atoms with van der Waals surface area (Å²) in [6, 6.07) is 5.26. The minimum atomic E-state index is -0.174. The van der Waals surface area contributed by atoms with E-state index in [1.165, 1.54) is 0 Å². The molecule has 6 nitrogen and oxygen atoms in total. The Kier molecular flexibility index (Phi) is 6.35. The van der Waals surface area contributed by atoms with E-state index in [0.29, 0.717) is 37.1 Å². The predicted octanol–water partition coefficient (Wildman–Crippen LogP) is 2.09. The lowest BCUT2D eigenvalue weighted by molar-refractivity contribution is -0.133. The molecule has 1 aromatic carbocycles. The third-order valence-electron chi connectivity index (χ3n) is 4.33. The van der Waals surface area contributed by atoms with Gasteiger partial charge < -0.3 is 15.5 Å². The molecule has 1 saturated heterocycles. The average Bonchev–Trinajstić information content (AvgIpc) is 2.58. The highest BCUT2D eigenvalue weighted by Crippen LogP contribution is 2.19. The lowest BCUT2D eigenvalue weighted by Gasteiger charge is -2.26. The number of amides is 3. The van der Waals surface area contributed by atoms with Crippen LogP contribution >= 0.6 is 0 Å². The van der Waals surface area contributed by atoms with Crippen LogP contribution in [-0.4, -0.2) is 42.8 Å². The normalized spacial score (nSPS) is 14.4. The Morgan fingerprint density at radius 2 is 2.04 bits per heavy atom. The van der Waals surface area contributed by atoms with Crippen LogP contribution in [0.25, 0.3) is 0 Å². The number of hydrogen-bond acceptors (Lipinski definition) is 3. The SMILES string of the molecule is CNC(=O)c1cccc(NC(=O)CCCN2CCCCC2=O)c1C. The lowest BCUT2D eigenvalue weighted by Crippen LogP contribution is -2.36. The standard InChI is InChI=1S/C18H25N3O3/c1-13-14(18(24)19-2)7-5-8-15(13)20-16(22)9-6-12-21-11-4-3-10-17(21)23/h5,7-8H,3-4,6,9-12H2,1-2H3,(H,19,24)(H,20,22). The third kappa shape index (κ3) is 4.57. The molecule has 0 aliphatic carbocycles. The largest absolute Gasteiger partial charge is 0.355 e. The Morgan fingerprint density at radius 3 is 2.75 bits per heavy atom. The van der Waals surface area contributed by atoms with Gasteiger partial charge in [-0.15, -0.1) is 0 Å². The minimum absolute atomic E-state index is 0.100. The summed E-state index contributed by atoms with van der Waals surface area (Å²) in [4.78, 5) is 37.5. The van der Waals surface area contributed by atoms with E-state index >= 15 is 0 Å². The summed E-state index contributed by atoms with van der Waals surface area (Å²) in [7, 11) is 1.58. The summed E-state index contributed by atoms with van der Waals surface area (Å²) in [5, 5.41) is 5.44. The second-order valence-electron chi connectivity index (χ2n) is 6.05. The quantitative estimate of drug-likeness (QED) is 0.838. The molecule has 2 rings (SSSR count). The van der Waals surface area contributed by atoms with Gasteiger partial charge in [-0.2, -0.15) is 0 Å². The summed E-state index contributed by atoms with van der Waals surface area (Å²) in [5.41, 5.74) is 1.95. The number of nitrogens with one attached hydrogen (secondary N) is 2. The topological polar surface area (TPSA) is 78.5 Å². The Bertz CT molecular complexity index is 628. The fraction of sp³-hybridized carbons (Fsp3) is 0.500. The van der Waals surface area contributed by atoms with Gasteiger partial charge in [-0.3, -0.25) is 14.4 Å². The molecule has 0 atom stereocenters. The van der Waals surface area contributed by atoms with Gasteiger partial charge in [0.05, 0.1) is 0 Å². The molecule has 0 aromatic heterocycles. The molecule has 1 aliphatic rings. The van der Waals surface area contributed by atoms with E-state index in [1.54, 1.807) is 25.2 Å². The van der Waals surface area contributed by atoms with Crippen LogP contribution < -0.4 is 10.6 Å². The number of rotatable bonds is 6. The van der Waals surface area contributed by atoms with Crippen molar-refractivity contribution in [1.29, 1.82) is 0 Å². The second-order valence-corrected chi connectivity index (χ2v) is 6.05. The highest BCUT2D eigenvalue weighted by atomic mass is 16.2. The van der Waals surface area contributed by atoms with Crippen LogP contribution in [0.4, 0.5) is 5.69 Å². The summed E-state index contributed by atoms with van der Waals surface area (Å²) in [6.45, 7) is 3.24. The van der Waals surface area contributed by atoms with Crippen molar-refractivity contribution >= 4 is 23.4 Å². The molecule has 0 unspecified atom stereocenters. The Balaban J connectivity index is 1.86. The Hall–Kier alpha value is -2.37. The first-order chi connectivity index (χ1) is 11.5. The van der Waals surface area contributed by atoms with E-state index in [9.17, 15) is 14.4 Å². The number of hydrogen-bond donors (Lipinski definition) is 2. The summed E-state index contributed by atoms with van der Waals surface area (Å²) in [6.07, 6.45) is 3.64. The zero-order chi connectivity index (χ0) is 17.5. The Morgan fingerprint density at radius 1 is 1.25 bits per heavy atom. The molecule has 6 heteroatoms. The van der Waals surface area contributed by atoms with Gasteiger partial charge in [-0.25, -0.2) is 0 Å². The van der Waals surface area contributed by atoms with Crippen molar-refractivity contribution in [1.82, 2.24) is 10.2 Å². The van der Waals surface area contributed by atoms with Crippen LogP contribution in [-0.2, 0) is 9.59 Å². The summed E-state index contributed by atoms with van der Waals surface area (Å²) < 4.78 is 0. The van der Waals surface area contributed by atoms with E-state index in [0.717, 1.165) is 24.9 Å². The van der Waals surface area contributed by atoms with E-state index in [2.05, 4.69) is 10.6 Å². The van der Waals surface area contributed by atoms with Gasteiger partial charge in [-0.05, 0) is 43.9 Å². The van der Waals surface area contributed by atoms with Gasteiger partial charge in [-0.1, -0.05) is 6.07 Å². The highest BCUT2D eigenvalue weighted by Gasteiger charge is 2.18. The van der Waals surface area contributed by atoms with Crippen molar-refractivity contribution in [2.45, 2.75) is 39.0 Å². The predicted molar refractivity (Wildman–Crippen MR) is 92.9 cm³/mol. The number of carbonyl (C=O) groups excluding carboxylic acids is 3. The van der Waals surface area contributed by atoms with E-state index < -0.39 is 0 Å². The van der Waals surface area contributed by atoms with Crippen LogP contribution in [0.3, 0.4) is 0 Å². The Labute approximate surface area is 142 Å². The molecule has 1 heterocycles. The van der Waals surface area contributed by atoms with Gasteiger partial charge in [0.2, 0.25) is 11.8 Å². The molecule has 1 aromatic rings. The van der Waals surface area contributed by atoms with Crippen molar-refractivity contribution in [3.63, 3.8) is 0 Å². The van der Waals surface area contributed by atoms with Crippen molar-refractivity contribution in [3.05, 3.63) is 29.3 Å². The molecule has 2 N–H and O–H groups in total. The number of anilines is 1. The van der Waals surface area contributed by atoms with Crippen LogP contribution in [0, 0.1) is 6.92 Å². The maximum absolute atomic E-state index is 12.1. The average molecular weight is 331 g/mol. The zero-order valence-electron chi connectivity index (χ0n) is 14.4. The molecule has 130 valence electrons. The molecule has 1 aliphatic heterocycles. The van der Waals surface area contributed by atoms with Crippen LogP contribution in [0.1, 0.15) is 48.0 Å². The first-order valence-electron chi connectivity index (χ1n) is 8.42. The maximum atomic E-state index is 12.1. The second kappa shape index (κ2) is 8.47. The molecule has 0 spiro atoms. The minimum Gasteiger partial charge on any atom is -0.355 e. The van der Waals surface area contributed by atoms with Crippen molar-refractivity contribution in [2.75, 3.05) is 25.5 Å². The van der Waals surface area contributed by atoms with Crippen molar-refractivity contribution < 1.29 is 14.4 Å². The fourth-order valence-corrected chi connectivity index (χ4v) is 2.89.